The fourth-order valence-corrected chi connectivity index (χ4v) is 1.52. The smallest absolute Gasteiger partial charge is 0.416 e. The molecule has 1 rings (SSSR count). The van der Waals surface area contributed by atoms with E-state index in [9.17, 15) is 13.2 Å². The molecule has 2 atom stereocenters. The van der Waals surface area contributed by atoms with Crippen molar-refractivity contribution in [2.24, 2.45) is 5.73 Å². The summed E-state index contributed by atoms with van der Waals surface area (Å²) in [4.78, 5) is 0. The van der Waals surface area contributed by atoms with Crippen LogP contribution in [0.3, 0.4) is 0 Å². The van der Waals surface area contributed by atoms with Gasteiger partial charge in [0.2, 0.25) is 0 Å². The summed E-state index contributed by atoms with van der Waals surface area (Å²) in [6, 6.07) is 2.43. The van der Waals surface area contributed by atoms with Crippen molar-refractivity contribution >= 4 is 11.6 Å². The highest BCUT2D eigenvalue weighted by Crippen LogP contribution is 2.34. The van der Waals surface area contributed by atoms with Crippen LogP contribution in [0, 0.1) is 0 Å². The van der Waals surface area contributed by atoms with Crippen molar-refractivity contribution in [3.05, 3.63) is 28.8 Å². The Morgan fingerprint density at radius 1 is 1.41 bits per heavy atom. The Kier molecular flexibility index (Phi) is 4.24. The SMILES string of the molecule is COc1ccc(Cl)cc1[C@H](N)[C@H](O)C(F)(F)F. The van der Waals surface area contributed by atoms with Crippen LogP contribution in [0.1, 0.15) is 11.6 Å². The van der Waals surface area contributed by atoms with E-state index in [0.29, 0.717) is 0 Å². The van der Waals surface area contributed by atoms with Gasteiger partial charge < -0.3 is 15.6 Å². The lowest BCUT2D eigenvalue weighted by Crippen LogP contribution is -2.39. The highest BCUT2D eigenvalue weighted by Gasteiger charge is 2.43. The summed E-state index contributed by atoms with van der Waals surface area (Å²) in [6.07, 6.45) is -7.47. The van der Waals surface area contributed by atoms with Crippen molar-refractivity contribution in [3.63, 3.8) is 0 Å². The molecular weight excluding hydrogens is 259 g/mol. The molecule has 0 spiro atoms. The third kappa shape index (κ3) is 3.24. The number of aliphatic hydroxyl groups excluding tert-OH is 1. The van der Waals surface area contributed by atoms with Crippen molar-refractivity contribution < 1.29 is 23.0 Å². The molecule has 1 aromatic rings. The predicted octanol–water partition coefficient (Wildman–Crippen LogP) is 2.27. The fourth-order valence-electron chi connectivity index (χ4n) is 1.34. The number of nitrogens with two attached hydrogens (primary N) is 1. The highest BCUT2D eigenvalue weighted by molar-refractivity contribution is 6.30. The van der Waals surface area contributed by atoms with Gasteiger partial charge in [-0.1, -0.05) is 11.6 Å². The van der Waals surface area contributed by atoms with Gasteiger partial charge in [0.25, 0.3) is 0 Å². The molecule has 0 saturated heterocycles. The summed E-state index contributed by atoms with van der Waals surface area (Å²) in [5, 5.41) is 9.28. The summed E-state index contributed by atoms with van der Waals surface area (Å²) < 4.78 is 41.8. The Labute approximate surface area is 101 Å². The molecule has 0 aromatic heterocycles. The Morgan fingerprint density at radius 3 is 2.47 bits per heavy atom. The van der Waals surface area contributed by atoms with Crippen LogP contribution in [0.5, 0.6) is 5.75 Å². The van der Waals surface area contributed by atoms with Gasteiger partial charge in [-0.25, -0.2) is 0 Å². The van der Waals surface area contributed by atoms with E-state index in [0.717, 1.165) is 0 Å². The molecule has 0 aliphatic heterocycles. The van der Waals surface area contributed by atoms with E-state index >= 15 is 0 Å². The van der Waals surface area contributed by atoms with Gasteiger partial charge in [-0.3, -0.25) is 0 Å². The first-order valence-corrected chi connectivity index (χ1v) is 4.99. The summed E-state index contributed by atoms with van der Waals surface area (Å²) in [7, 11) is 1.29. The van der Waals surface area contributed by atoms with Crippen molar-refractivity contribution in [1.82, 2.24) is 0 Å². The van der Waals surface area contributed by atoms with Crippen molar-refractivity contribution in [2.75, 3.05) is 7.11 Å². The van der Waals surface area contributed by atoms with E-state index in [4.69, 9.17) is 27.2 Å². The van der Waals surface area contributed by atoms with Crippen molar-refractivity contribution in [1.29, 1.82) is 0 Å². The number of hydrogen-bond acceptors (Lipinski definition) is 3. The number of alkyl halides is 3. The zero-order chi connectivity index (χ0) is 13.2. The van der Waals surface area contributed by atoms with Gasteiger partial charge >= 0.3 is 6.18 Å². The molecule has 0 bridgehead atoms. The highest BCUT2D eigenvalue weighted by atomic mass is 35.5. The maximum Gasteiger partial charge on any atom is 0.416 e. The summed E-state index contributed by atoms with van der Waals surface area (Å²) in [6.45, 7) is 0. The minimum atomic E-state index is -4.80. The van der Waals surface area contributed by atoms with E-state index < -0.39 is 18.3 Å². The molecule has 1 aromatic carbocycles. The molecule has 17 heavy (non-hydrogen) atoms. The summed E-state index contributed by atoms with van der Waals surface area (Å²) in [5.41, 5.74) is 5.37. The standard InChI is InChI=1S/C10H11ClF3NO2/c1-17-7-3-2-5(11)4-6(7)8(15)9(16)10(12,13)14/h2-4,8-9,16H,15H2,1H3/t8-,9-/m0/s1. The number of benzene rings is 1. The monoisotopic (exact) mass is 269 g/mol. The van der Waals surface area contributed by atoms with Crippen molar-refractivity contribution in [3.8, 4) is 5.75 Å². The number of hydrogen-bond donors (Lipinski definition) is 2. The average Bonchev–Trinajstić information content (AvgIpc) is 2.25. The van der Waals surface area contributed by atoms with Crippen LogP contribution in [0.4, 0.5) is 13.2 Å². The average molecular weight is 270 g/mol. The lowest BCUT2D eigenvalue weighted by molar-refractivity contribution is -0.210. The van der Waals surface area contributed by atoms with Gasteiger partial charge in [-0.05, 0) is 18.2 Å². The molecule has 0 aliphatic carbocycles. The van der Waals surface area contributed by atoms with Crippen LogP contribution in [0.2, 0.25) is 5.02 Å². The summed E-state index contributed by atoms with van der Waals surface area (Å²) >= 11 is 5.66. The van der Waals surface area contributed by atoms with Crippen LogP contribution in [-0.2, 0) is 0 Å². The lowest BCUT2D eigenvalue weighted by Gasteiger charge is -2.23. The van der Waals surface area contributed by atoms with E-state index in [1.165, 1.54) is 25.3 Å². The normalized spacial score (nSPS) is 15.5. The van der Waals surface area contributed by atoms with Crippen molar-refractivity contribution in [2.45, 2.75) is 18.3 Å². The molecule has 0 fully saturated rings. The van der Waals surface area contributed by atoms with Gasteiger partial charge in [0, 0.05) is 10.6 Å². The molecule has 96 valence electrons. The Hall–Kier alpha value is -0.980. The molecule has 0 aliphatic rings. The van der Waals surface area contributed by atoms with E-state index in [1.807, 2.05) is 0 Å². The maximum absolute atomic E-state index is 12.3. The van der Waals surface area contributed by atoms with Crippen LogP contribution < -0.4 is 10.5 Å². The molecular formula is C10H11ClF3NO2. The van der Waals surface area contributed by atoms with Crippen LogP contribution in [0.15, 0.2) is 18.2 Å². The number of methoxy groups -OCH3 is 1. The van der Waals surface area contributed by atoms with Gasteiger partial charge in [-0.15, -0.1) is 0 Å². The quantitative estimate of drug-likeness (QED) is 0.885. The lowest BCUT2D eigenvalue weighted by atomic mass is 10.0. The van der Waals surface area contributed by atoms with Gasteiger partial charge in [0.05, 0.1) is 13.2 Å². The molecule has 0 saturated carbocycles. The van der Waals surface area contributed by atoms with E-state index in [-0.39, 0.29) is 16.3 Å². The second kappa shape index (κ2) is 5.12. The molecule has 3 N–H and O–H groups in total. The molecule has 3 nitrogen and oxygen atoms in total. The second-order valence-electron chi connectivity index (χ2n) is 3.40. The molecule has 0 radical (unpaired) electrons. The molecule has 0 unspecified atom stereocenters. The zero-order valence-electron chi connectivity index (χ0n) is 8.83. The Bertz CT molecular complexity index is 398. The topological polar surface area (TPSA) is 55.5 Å². The first kappa shape index (κ1) is 14.1. The molecule has 7 heteroatoms. The zero-order valence-corrected chi connectivity index (χ0v) is 9.59. The van der Waals surface area contributed by atoms with E-state index in [2.05, 4.69) is 0 Å². The Balaban J connectivity index is 3.10. The Morgan fingerprint density at radius 2 is 2.00 bits per heavy atom. The number of rotatable bonds is 3. The maximum atomic E-state index is 12.3. The van der Waals surface area contributed by atoms with Gasteiger partial charge in [0.15, 0.2) is 6.10 Å². The van der Waals surface area contributed by atoms with Gasteiger partial charge in [-0.2, -0.15) is 13.2 Å². The van der Waals surface area contributed by atoms with E-state index in [1.54, 1.807) is 0 Å². The third-order valence-electron chi connectivity index (χ3n) is 2.23. The molecule has 0 amide bonds. The van der Waals surface area contributed by atoms with Gasteiger partial charge in [0.1, 0.15) is 5.75 Å². The minimum absolute atomic E-state index is 0.00447. The summed E-state index contributed by atoms with van der Waals surface area (Å²) in [5.74, 6) is 0.144. The first-order chi connectivity index (χ1) is 7.77. The second-order valence-corrected chi connectivity index (χ2v) is 3.83. The predicted molar refractivity (Wildman–Crippen MR) is 57.0 cm³/mol. The fraction of sp³-hybridized carbons (Fsp3) is 0.400. The van der Waals surface area contributed by atoms with Crippen LogP contribution in [-0.4, -0.2) is 24.5 Å². The number of ether oxygens (including phenoxy) is 1. The number of aliphatic hydroxyl groups is 1. The largest absolute Gasteiger partial charge is 0.496 e. The van der Waals surface area contributed by atoms with Crippen LogP contribution >= 0.6 is 11.6 Å². The molecule has 0 heterocycles. The van der Waals surface area contributed by atoms with Crippen LogP contribution in [0.25, 0.3) is 0 Å². The number of halogens is 4. The minimum Gasteiger partial charge on any atom is -0.496 e. The third-order valence-corrected chi connectivity index (χ3v) is 2.46. The first-order valence-electron chi connectivity index (χ1n) is 4.61.